The summed E-state index contributed by atoms with van der Waals surface area (Å²) in [5, 5.41) is 10.4. The van der Waals surface area contributed by atoms with Crippen LogP contribution < -0.4 is 0 Å². The summed E-state index contributed by atoms with van der Waals surface area (Å²) in [6.07, 6.45) is 2.84. The monoisotopic (exact) mass is 291 g/mol. The van der Waals surface area contributed by atoms with Crippen molar-refractivity contribution < 1.29 is 9.84 Å². The molecule has 1 aromatic carbocycles. The highest BCUT2D eigenvalue weighted by atomic mass is 16.5. The van der Waals surface area contributed by atoms with Gasteiger partial charge in [0.25, 0.3) is 0 Å². The smallest absolute Gasteiger partial charge is 0.0768 e. The van der Waals surface area contributed by atoms with Crippen molar-refractivity contribution in [3.63, 3.8) is 0 Å². The van der Waals surface area contributed by atoms with E-state index >= 15 is 0 Å². The van der Waals surface area contributed by atoms with Gasteiger partial charge in [-0.2, -0.15) is 0 Å². The lowest BCUT2D eigenvalue weighted by Crippen LogP contribution is -2.41. The minimum Gasteiger partial charge on any atom is -0.389 e. The van der Waals surface area contributed by atoms with Crippen LogP contribution in [0.15, 0.2) is 30.3 Å². The van der Waals surface area contributed by atoms with Crippen molar-refractivity contribution in [3.8, 4) is 0 Å². The van der Waals surface area contributed by atoms with E-state index in [1.807, 2.05) is 18.2 Å². The third-order valence-electron chi connectivity index (χ3n) is 4.67. The van der Waals surface area contributed by atoms with E-state index in [2.05, 4.69) is 30.9 Å². The van der Waals surface area contributed by atoms with Crippen LogP contribution in [0, 0.1) is 5.92 Å². The molecular weight excluding hydrogens is 262 g/mol. The van der Waals surface area contributed by atoms with Crippen LogP contribution in [0.25, 0.3) is 0 Å². The lowest BCUT2D eigenvalue weighted by atomic mass is 9.97. The van der Waals surface area contributed by atoms with Crippen molar-refractivity contribution in [2.45, 2.75) is 45.3 Å². The predicted octanol–water partition coefficient (Wildman–Crippen LogP) is 3.08. The maximum Gasteiger partial charge on any atom is 0.0768 e. The Morgan fingerprint density at radius 2 is 1.95 bits per heavy atom. The molecule has 1 atom stereocenters. The topological polar surface area (TPSA) is 32.7 Å². The number of likely N-dealkylation sites (tertiary alicyclic amines) is 1. The average Bonchev–Trinajstić information content (AvgIpc) is 2.95. The SMILES string of the molecule is CCC(O)(CC)CN1CCC(COCc2ccccc2)C1. The zero-order valence-electron chi connectivity index (χ0n) is 13.4. The van der Waals surface area contributed by atoms with E-state index in [1.54, 1.807) is 0 Å². The van der Waals surface area contributed by atoms with Gasteiger partial charge >= 0.3 is 0 Å². The molecule has 0 aliphatic carbocycles. The highest BCUT2D eigenvalue weighted by molar-refractivity contribution is 5.13. The maximum absolute atomic E-state index is 10.4. The zero-order chi connectivity index (χ0) is 15.1. The lowest BCUT2D eigenvalue weighted by Gasteiger charge is -2.30. The molecule has 2 rings (SSSR count). The molecule has 3 heteroatoms. The summed E-state index contributed by atoms with van der Waals surface area (Å²) < 4.78 is 5.85. The van der Waals surface area contributed by atoms with E-state index < -0.39 is 5.60 Å². The summed E-state index contributed by atoms with van der Waals surface area (Å²) in [4.78, 5) is 2.39. The Labute approximate surface area is 128 Å². The summed E-state index contributed by atoms with van der Waals surface area (Å²) in [5.41, 5.74) is 0.721. The first-order chi connectivity index (χ1) is 10.1. The van der Waals surface area contributed by atoms with Gasteiger partial charge in [-0.15, -0.1) is 0 Å². The minimum absolute atomic E-state index is 0.514. The fourth-order valence-electron chi connectivity index (χ4n) is 3.00. The molecule has 118 valence electrons. The quantitative estimate of drug-likeness (QED) is 0.799. The largest absolute Gasteiger partial charge is 0.389 e. The fraction of sp³-hybridized carbons (Fsp3) is 0.667. The molecule has 3 nitrogen and oxygen atoms in total. The van der Waals surface area contributed by atoms with Gasteiger partial charge in [-0.1, -0.05) is 44.2 Å². The molecule has 0 spiro atoms. The molecule has 1 aromatic rings. The van der Waals surface area contributed by atoms with Crippen LogP contribution in [0.1, 0.15) is 38.7 Å². The van der Waals surface area contributed by atoms with Gasteiger partial charge in [-0.25, -0.2) is 0 Å². The van der Waals surface area contributed by atoms with Gasteiger partial charge in [0.05, 0.1) is 18.8 Å². The molecule has 1 fully saturated rings. The second-order valence-corrected chi connectivity index (χ2v) is 6.32. The Morgan fingerprint density at radius 1 is 1.24 bits per heavy atom. The summed E-state index contributed by atoms with van der Waals surface area (Å²) >= 11 is 0. The lowest BCUT2D eigenvalue weighted by molar-refractivity contribution is 0.0000780. The van der Waals surface area contributed by atoms with Gasteiger partial charge < -0.3 is 14.7 Å². The zero-order valence-corrected chi connectivity index (χ0v) is 13.4. The van der Waals surface area contributed by atoms with Crippen LogP contribution in [-0.2, 0) is 11.3 Å². The fourth-order valence-corrected chi connectivity index (χ4v) is 3.00. The van der Waals surface area contributed by atoms with Crippen molar-refractivity contribution in [1.29, 1.82) is 0 Å². The number of hydrogen-bond donors (Lipinski definition) is 1. The van der Waals surface area contributed by atoms with E-state index in [0.29, 0.717) is 12.5 Å². The van der Waals surface area contributed by atoms with E-state index in [0.717, 1.165) is 39.1 Å². The second-order valence-electron chi connectivity index (χ2n) is 6.32. The maximum atomic E-state index is 10.4. The molecule has 1 saturated heterocycles. The molecule has 1 heterocycles. The standard InChI is InChI=1S/C18H29NO2/c1-3-18(20,4-2)15-19-11-10-17(12-19)14-21-13-16-8-6-5-7-9-16/h5-9,17,20H,3-4,10-15H2,1-2H3. The number of hydrogen-bond acceptors (Lipinski definition) is 3. The van der Waals surface area contributed by atoms with E-state index in [9.17, 15) is 5.11 Å². The first kappa shape index (κ1) is 16.5. The number of aliphatic hydroxyl groups is 1. The van der Waals surface area contributed by atoms with Crippen molar-refractivity contribution in [2.24, 2.45) is 5.92 Å². The number of ether oxygens (including phenoxy) is 1. The van der Waals surface area contributed by atoms with Gasteiger partial charge in [0.2, 0.25) is 0 Å². The highest BCUT2D eigenvalue weighted by Crippen LogP contribution is 2.22. The first-order valence-electron chi connectivity index (χ1n) is 8.21. The average molecular weight is 291 g/mol. The van der Waals surface area contributed by atoms with Gasteiger partial charge in [-0.05, 0) is 37.3 Å². The van der Waals surface area contributed by atoms with Gasteiger partial charge in [0.1, 0.15) is 0 Å². The molecule has 0 bridgehead atoms. The molecule has 1 N–H and O–H groups in total. The molecule has 0 saturated carbocycles. The van der Waals surface area contributed by atoms with Gasteiger partial charge in [0.15, 0.2) is 0 Å². The summed E-state index contributed by atoms with van der Waals surface area (Å²) in [6, 6.07) is 10.3. The normalized spacial score (nSPS) is 20.0. The first-order valence-corrected chi connectivity index (χ1v) is 8.21. The van der Waals surface area contributed by atoms with E-state index in [1.165, 1.54) is 12.0 Å². The molecule has 1 aliphatic rings. The molecule has 1 unspecified atom stereocenters. The molecule has 1 aliphatic heterocycles. The third-order valence-corrected chi connectivity index (χ3v) is 4.67. The Balaban J connectivity index is 1.68. The van der Waals surface area contributed by atoms with Crippen molar-refractivity contribution in [2.75, 3.05) is 26.2 Å². The van der Waals surface area contributed by atoms with Crippen molar-refractivity contribution in [3.05, 3.63) is 35.9 Å². The molecular formula is C18H29NO2. The van der Waals surface area contributed by atoms with Crippen LogP contribution in [0.3, 0.4) is 0 Å². The highest BCUT2D eigenvalue weighted by Gasteiger charge is 2.30. The van der Waals surface area contributed by atoms with Crippen LogP contribution in [0.5, 0.6) is 0 Å². The van der Waals surface area contributed by atoms with Crippen LogP contribution in [-0.4, -0.2) is 41.8 Å². The van der Waals surface area contributed by atoms with E-state index in [-0.39, 0.29) is 0 Å². The Hall–Kier alpha value is -0.900. The van der Waals surface area contributed by atoms with Crippen molar-refractivity contribution in [1.82, 2.24) is 4.90 Å². The summed E-state index contributed by atoms with van der Waals surface area (Å²) in [5.74, 6) is 0.603. The number of benzene rings is 1. The third kappa shape index (κ3) is 5.10. The van der Waals surface area contributed by atoms with Crippen LogP contribution in [0.2, 0.25) is 0 Å². The van der Waals surface area contributed by atoms with Gasteiger partial charge in [0, 0.05) is 13.1 Å². The number of nitrogens with zero attached hydrogens (tertiary/aromatic N) is 1. The van der Waals surface area contributed by atoms with E-state index in [4.69, 9.17) is 4.74 Å². The van der Waals surface area contributed by atoms with Gasteiger partial charge in [-0.3, -0.25) is 0 Å². The number of β-amino-alcohol motifs (C(OH)–C–C–N with tert-alkyl or cyclic N) is 1. The predicted molar refractivity (Wildman–Crippen MR) is 86.2 cm³/mol. The Bertz CT molecular complexity index is 403. The minimum atomic E-state index is -0.514. The number of rotatable bonds is 8. The molecule has 0 radical (unpaired) electrons. The second kappa shape index (κ2) is 7.92. The van der Waals surface area contributed by atoms with Crippen LogP contribution in [0.4, 0.5) is 0 Å². The molecule has 0 aromatic heterocycles. The summed E-state index contributed by atoms with van der Waals surface area (Å²) in [7, 11) is 0. The molecule has 21 heavy (non-hydrogen) atoms. The Kier molecular flexibility index (Phi) is 6.22. The van der Waals surface area contributed by atoms with Crippen LogP contribution >= 0.6 is 0 Å². The Morgan fingerprint density at radius 3 is 2.62 bits per heavy atom. The summed E-state index contributed by atoms with van der Waals surface area (Å²) in [6.45, 7) is 8.60. The van der Waals surface area contributed by atoms with Crippen molar-refractivity contribution >= 4 is 0 Å². The molecule has 0 amide bonds.